The minimum absolute atomic E-state index is 0.0346. The zero-order valence-electron chi connectivity index (χ0n) is 12.1. The third kappa shape index (κ3) is 3.04. The minimum Gasteiger partial charge on any atom is -0.332 e. The van der Waals surface area contributed by atoms with Crippen LogP contribution in [0, 0.1) is 11.6 Å². The number of hydrogen-bond donors (Lipinski definition) is 0. The van der Waals surface area contributed by atoms with Gasteiger partial charge in [-0.25, -0.2) is 8.78 Å². The summed E-state index contributed by atoms with van der Waals surface area (Å²) < 4.78 is 27.4. The van der Waals surface area contributed by atoms with Gasteiger partial charge in [-0.3, -0.25) is 9.59 Å². The van der Waals surface area contributed by atoms with Gasteiger partial charge in [0.15, 0.2) is 0 Å². The predicted molar refractivity (Wildman–Crippen MR) is 73.2 cm³/mol. The first kappa shape index (κ1) is 15.4. The van der Waals surface area contributed by atoms with Crippen LogP contribution in [0.3, 0.4) is 0 Å². The zero-order chi connectivity index (χ0) is 15.6. The van der Waals surface area contributed by atoms with Crippen molar-refractivity contribution in [2.24, 2.45) is 0 Å². The van der Waals surface area contributed by atoms with Crippen LogP contribution in [0.2, 0.25) is 0 Å². The Morgan fingerprint density at radius 2 is 1.86 bits per heavy atom. The van der Waals surface area contributed by atoms with E-state index < -0.39 is 17.7 Å². The second-order valence-corrected chi connectivity index (χ2v) is 5.16. The number of carbonyl (C=O) groups excluding carboxylic acids is 2. The second kappa shape index (κ2) is 6.20. The molecule has 1 aromatic carbocycles. The van der Waals surface area contributed by atoms with Crippen LogP contribution in [-0.2, 0) is 16.1 Å². The molecule has 21 heavy (non-hydrogen) atoms. The van der Waals surface area contributed by atoms with Gasteiger partial charge in [-0.15, -0.1) is 0 Å². The molecule has 0 radical (unpaired) electrons. The van der Waals surface area contributed by atoms with Gasteiger partial charge in [0.1, 0.15) is 17.7 Å². The molecule has 6 heteroatoms. The molecular formula is C15H18F2N2O2. The van der Waals surface area contributed by atoms with Gasteiger partial charge in [0.05, 0.1) is 13.1 Å². The van der Waals surface area contributed by atoms with E-state index in [2.05, 4.69) is 0 Å². The van der Waals surface area contributed by atoms with Crippen molar-refractivity contribution >= 4 is 11.8 Å². The van der Waals surface area contributed by atoms with Crippen molar-refractivity contribution in [2.45, 2.75) is 32.9 Å². The lowest BCUT2D eigenvalue weighted by Gasteiger charge is -2.38. The van der Waals surface area contributed by atoms with E-state index in [1.807, 2.05) is 6.92 Å². The third-order valence-corrected chi connectivity index (χ3v) is 3.67. The van der Waals surface area contributed by atoms with Gasteiger partial charge in [-0.2, -0.15) is 0 Å². The molecule has 0 aliphatic carbocycles. The largest absolute Gasteiger partial charge is 0.332 e. The van der Waals surface area contributed by atoms with E-state index in [0.29, 0.717) is 6.54 Å². The van der Waals surface area contributed by atoms with Gasteiger partial charge >= 0.3 is 0 Å². The van der Waals surface area contributed by atoms with Crippen LogP contribution in [0.15, 0.2) is 18.2 Å². The number of nitrogens with zero attached hydrogens (tertiary/aromatic N) is 2. The van der Waals surface area contributed by atoms with E-state index in [1.54, 1.807) is 6.92 Å². The van der Waals surface area contributed by atoms with Crippen LogP contribution in [0.25, 0.3) is 0 Å². The number of piperazine rings is 1. The highest BCUT2D eigenvalue weighted by molar-refractivity contribution is 5.94. The van der Waals surface area contributed by atoms with Crippen molar-refractivity contribution in [3.05, 3.63) is 35.4 Å². The summed E-state index contributed by atoms with van der Waals surface area (Å²) in [6, 6.07) is 2.84. The number of carbonyl (C=O) groups is 2. The molecule has 2 rings (SSSR count). The Morgan fingerprint density at radius 3 is 2.43 bits per heavy atom. The number of benzene rings is 1. The van der Waals surface area contributed by atoms with Crippen LogP contribution in [0.1, 0.15) is 25.8 Å². The highest BCUT2D eigenvalue weighted by Gasteiger charge is 2.36. The molecule has 1 heterocycles. The molecular weight excluding hydrogens is 278 g/mol. The molecule has 0 aromatic heterocycles. The summed E-state index contributed by atoms with van der Waals surface area (Å²) in [4.78, 5) is 27.0. The van der Waals surface area contributed by atoms with Gasteiger partial charge in [-0.1, -0.05) is 13.0 Å². The van der Waals surface area contributed by atoms with E-state index >= 15 is 0 Å². The monoisotopic (exact) mass is 296 g/mol. The average Bonchev–Trinajstić information content (AvgIpc) is 2.43. The van der Waals surface area contributed by atoms with E-state index in [-0.39, 0.29) is 30.5 Å². The summed E-state index contributed by atoms with van der Waals surface area (Å²) in [6.45, 7) is 3.75. The molecule has 1 saturated heterocycles. The van der Waals surface area contributed by atoms with E-state index in [1.165, 1.54) is 15.9 Å². The Balaban J connectivity index is 2.21. The summed E-state index contributed by atoms with van der Waals surface area (Å²) >= 11 is 0. The molecule has 1 aliphatic heterocycles. The smallest absolute Gasteiger partial charge is 0.245 e. The quantitative estimate of drug-likeness (QED) is 0.852. The molecule has 1 fully saturated rings. The Bertz CT molecular complexity index is 542. The maximum absolute atomic E-state index is 13.7. The van der Waals surface area contributed by atoms with Gasteiger partial charge in [-0.05, 0) is 25.5 Å². The highest BCUT2D eigenvalue weighted by atomic mass is 19.1. The van der Waals surface area contributed by atoms with Crippen LogP contribution >= 0.6 is 0 Å². The molecule has 0 spiro atoms. The summed E-state index contributed by atoms with van der Waals surface area (Å²) in [5.41, 5.74) is -0.186. The fraction of sp³-hybridized carbons (Fsp3) is 0.467. The Kier molecular flexibility index (Phi) is 4.55. The Labute approximate surface area is 122 Å². The zero-order valence-corrected chi connectivity index (χ0v) is 12.1. The fourth-order valence-corrected chi connectivity index (χ4v) is 2.48. The number of halogens is 2. The first-order valence-corrected chi connectivity index (χ1v) is 6.96. The molecule has 1 atom stereocenters. The first-order valence-electron chi connectivity index (χ1n) is 6.96. The second-order valence-electron chi connectivity index (χ2n) is 5.16. The predicted octanol–water partition coefficient (Wildman–Crippen LogP) is 1.93. The van der Waals surface area contributed by atoms with Crippen LogP contribution in [0.4, 0.5) is 8.78 Å². The molecule has 4 nitrogen and oxygen atoms in total. The average molecular weight is 296 g/mol. The number of hydrogen-bond acceptors (Lipinski definition) is 2. The van der Waals surface area contributed by atoms with Crippen LogP contribution in [-0.4, -0.2) is 40.7 Å². The third-order valence-electron chi connectivity index (χ3n) is 3.67. The minimum atomic E-state index is -0.711. The lowest BCUT2D eigenvalue weighted by molar-refractivity contribution is -0.155. The normalized spacial score (nSPS) is 19.3. The Hall–Kier alpha value is -1.98. The lowest BCUT2D eigenvalue weighted by atomic mass is 10.1. The molecule has 1 aliphatic rings. The standard InChI is InChI=1S/C15H18F2N2O2/c1-3-7-18-9-14(20)19(10(2)15(18)21)8-11-12(16)5-4-6-13(11)17/h4-6,10H,3,7-9H2,1-2H3/t10-/m1/s1. The summed E-state index contributed by atoms with van der Waals surface area (Å²) in [5, 5.41) is 0. The Morgan fingerprint density at radius 1 is 1.24 bits per heavy atom. The van der Waals surface area contributed by atoms with Crippen molar-refractivity contribution in [1.29, 1.82) is 0 Å². The van der Waals surface area contributed by atoms with Gasteiger partial charge in [0.2, 0.25) is 11.8 Å². The van der Waals surface area contributed by atoms with Crippen LogP contribution in [0.5, 0.6) is 0 Å². The lowest BCUT2D eigenvalue weighted by Crippen LogP contribution is -2.58. The summed E-state index contributed by atoms with van der Waals surface area (Å²) in [7, 11) is 0. The topological polar surface area (TPSA) is 40.6 Å². The first-order chi connectivity index (χ1) is 9.95. The molecule has 0 N–H and O–H groups in total. The number of amides is 2. The van der Waals surface area contributed by atoms with E-state index in [0.717, 1.165) is 18.6 Å². The molecule has 1 aromatic rings. The van der Waals surface area contributed by atoms with Crippen LogP contribution < -0.4 is 0 Å². The molecule has 0 unspecified atom stereocenters. The maximum atomic E-state index is 13.7. The van der Waals surface area contributed by atoms with Crippen molar-refractivity contribution < 1.29 is 18.4 Å². The maximum Gasteiger partial charge on any atom is 0.245 e. The van der Waals surface area contributed by atoms with E-state index in [9.17, 15) is 18.4 Å². The van der Waals surface area contributed by atoms with Crippen molar-refractivity contribution in [2.75, 3.05) is 13.1 Å². The van der Waals surface area contributed by atoms with Crippen molar-refractivity contribution in [3.63, 3.8) is 0 Å². The number of rotatable bonds is 4. The van der Waals surface area contributed by atoms with Gasteiger partial charge < -0.3 is 9.80 Å². The molecule has 0 saturated carbocycles. The fourth-order valence-electron chi connectivity index (χ4n) is 2.48. The van der Waals surface area contributed by atoms with Gasteiger partial charge in [0, 0.05) is 12.1 Å². The molecule has 114 valence electrons. The van der Waals surface area contributed by atoms with Crippen molar-refractivity contribution in [1.82, 2.24) is 9.80 Å². The molecule has 0 bridgehead atoms. The summed E-state index contributed by atoms with van der Waals surface area (Å²) in [5.74, 6) is -1.90. The summed E-state index contributed by atoms with van der Waals surface area (Å²) in [6.07, 6.45) is 0.758. The van der Waals surface area contributed by atoms with E-state index in [4.69, 9.17) is 0 Å². The highest BCUT2D eigenvalue weighted by Crippen LogP contribution is 2.20. The van der Waals surface area contributed by atoms with Crippen molar-refractivity contribution in [3.8, 4) is 0 Å². The SMILES string of the molecule is CCCN1CC(=O)N(Cc2c(F)cccc2F)[C@H](C)C1=O. The van der Waals surface area contributed by atoms with Gasteiger partial charge in [0.25, 0.3) is 0 Å². The molecule has 2 amide bonds.